The standard InChI is InChI=1S/C55H51N4O.Pt/c1-53(2,3)41-26-27-56-52(34-41)59-50-25-22-42(55(7,8)40-18-13-10-14-19-40)33-49(50)48-24-23-47(36-51(48)59)60-46-21-15-20-44(35-46)57-28-29-58(37-57)45-31-39(38-16-11-9-12-17-38)30-43(32-45)54(4,5)6;/h9-34,37H,1-8H3;/q-3;. The van der Waals surface area contributed by atoms with E-state index in [9.17, 15) is 0 Å². The van der Waals surface area contributed by atoms with Crippen LogP contribution in [0.2, 0.25) is 0 Å². The topological polar surface area (TPSA) is 33.5 Å². The minimum Gasteiger partial charge on any atom is -0.509 e. The molecule has 8 aromatic rings. The fourth-order valence-corrected chi connectivity index (χ4v) is 8.04. The number of fused-ring (bicyclic) bond motifs is 3. The van der Waals surface area contributed by atoms with Crippen molar-refractivity contribution in [2.75, 3.05) is 9.80 Å². The normalized spacial score (nSPS) is 13.2. The van der Waals surface area contributed by atoms with Crippen LogP contribution in [0.5, 0.6) is 11.5 Å². The van der Waals surface area contributed by atoms with Gasteiger partial charge in [0.25, 0.3) is 0 Å². The quantitative estimate of drug-likeness (QED) is 0.142. The molecule has 0 unspecified atom stereocenters. The fraction of sp³-hybridized carbons (Fsp3) is 0.200. The third-order valence-corrected chi connectivity index (χ3v) is 11.8. The molecule has 6 heteroatoms. The number of pyridine rings is 1. The van der Waals surface area contributed by atoms with E-state index in [1.54, 1.807) is 0 Å². The molecule has 1 aliphatic heterocycles. The van der Waals surface area contributed by atoms with Crippen molar-refractivity contribution in [3.05, 3.63) is 199 Å². The zero-order chi connectivity index (χ0) is 41.8. The third kappa shape index (κ3) is 8.29. The van der Waals surface area contributed by atoms with E-state index in [1.165, 1.54) is 33.4 Å². The van der Waals surface area contributed by atoms with Crippen LogP contribution in [-0.4, -0.2) is 9.55 Å². The maximum absolute atomic E-state index is 6.59. The summed E-state index contributed by atoms with van der Waals surface area (Å²) in [5, 5.41) is 2.24. The summed E-state index contributed by atoms with van der Waals surface area (Å²) in [5.74, 6) is 2.06. The van der Waals surface area contributed by atoms with Crippen molar-refractivity contribution >= 4 is 33.2 Å². The molecule has 9 rings (SSSR count). The van der Waals surface area contributed by atoms with Gasteiger partial charge in [0.1, 0.15) is 5.82 Å². The van der Waals surface area contributed by atoms with Crippen molar-refractivity contribution < 1.29 is 25.8 Å². The number of nitrogens with zero attached hydrogens (tertiary/aromatic N) is 4. The summed E-state index contributed by atoms with van der Waals surface area (Å²) in [7, 11) is 0. The Hall–Kier alpha value is -5.90. The Labute approximate surface area is 375 Å². The van der Waals surface area contributed by atoms with Gasteiger partial charge in [-0.3, -0.25) is 0 Å². The van der Waals surface area contributed by atoms with Gasteiger partial charge < -0.3 is 19.1 Å². The maximum Gasteiger partial charge on any atom is 0.135 e. The van der Waals surface area contributed by atoms with Crippen LogP contribution in [0.3, 0.4) is 0 Å². The summed E-state index contributed by atoms with van der Waals surface area (Å²) in [4.78, 5) is 9.17. The molecule has 0 saturated heterocycles. The molecular weight excluding hydrogens is 928 g/mol. The monoisotopic (exact) mass is 978 g/mol. The van der Waals surface area contributed by atoms with Gasteiger partial charge in [0.05, 0.1) is 0 Å². The van der Waals surface area contributed by atoms with E-state index in [0.29, 0.717) is 11.5 Å². The van der Waals surface area contributed by atoms with Crippen molar-refractivity contribution in [3.63, 3.8) is 0 Å². The summed E-state index contributed by atoms with van der Waals surface area (Å²) >= 11 is 0. The van der Waals surface area contributed by atoms with Crippen LogP contribution in [-0.2, 0) is 37.3 Å². The molecule has 5 nitrogen and oxygen atoms in total. The summed E-state index contributed by atoms with van der Waals surface area (Å²) in [6.07, 6.45) is 6.06. The van der Waals surface area contributed by atoms with Crippen molar-refractivity contribution in [2.24, 2.45) is 0 Å². The Morgan fingerprint density at radius 3 is 1.98 bits per heavy atom. The molecule has 6 aromatic carbocycles. The first-order chi connectivity index (χ1) is 28.7. The molecule has 310 valence electrons. The number of rotatable bonds is 8. The van der Waals surface area contributed by atoms with Crippen LogP contribution in [0.1, 0.15) is 77.6 Å². The summed E-state index contributed by atoms with van der Waals surface area (Å²) in [6, 6.07) is 56.6. The van der Waals surface area contributed by atoms with Gasteiger partial charge in [-0.2, -0.15) is 12.1 Å². The second-order valence-electron chi connectivity index (χ2n) is 18.4. The first-order valence-electron chi connectivity index (χ1n) is 20.8. The van der Waals surface area contributed by atoms with Gasteiger partial charge in [0.2, 0.25) is 0 Å². The van der Waals surface area contributed by atoms with E-state index in [1.807, 2.05) is 30.5 Å². The smallest absolute Gasteiger partial charge is 0.135 e. The number of hydrogen-bond acceptors (Lipinski definition) is 4. The van der Waals surface area contributed by atoms with Crippen molar-refractivity contribution in [1.29, 1.82) is 0 Å². The van der Waals surface area contributed by atoms with Gasteiger partial charge in [-0.1, -0.05) is 140 Å². The van der Waals surface area contributed by atoms with Gasteiger partial charge >= 0.3 is 0 Å². The molecule has 0 saturated carbocycles. The molecule has 0 amide bonds. The Balaban J connectivity index is 0.00000514. The molecule has 0 atom stereocenters. The second-order valence-corrected chi connectivity index (χ2v) is 18.4. The summed E-state index contributed by atoms with van der Waals surface area (Å²) in [6.45, 7) is 20.2. The predicted octanol–water partition coefficient (Wildman–Crippen LogP) is 14.1. The van der Waals surface area contributed by atoms with Crippen LogP contribution in [0, 0.1) is 18.8 Å². The third-order valence-electron chi connectivity index (χ3n) is 11.8. The molecule has 2 aromatic heterocycles. The first kappa shape index (κ1) is 41.8. The molecule has 0 bridgehead atoms. The Morgan fingerprint density at radius 2 is 1.25 bits per heavy atom. The minimum atomic E-state index is -0.192. The van der Waals surface area contributed by atoms with Crippen LogP contribution in [0.15, 0.2) is 158 Å². The molecule has 61 heavy (non-hydrogen) atoms. The zero-order valence-electron chi connectivity index (χ0n) is 36.1. The number of aromatic nitrogens is 2. The molecule has 0 radical (unpaired) electrons. The molecule has 0 aliphatic carbocycles. The van der Waals surface area contributed by atoms with Gasteiger partial charge in [-0.25, -0.2) is 4.98 Å². The first-order valence-corrected chi connectivity index (χ1v) is 20.8. The Morgan fingerprint density at radius 1 is 0.541 bits per heavy atom. The van der Waals surface area contributed by atoms with Crippen LogP contribution in [0.25, 0.3) is 38.8 Å². The van der Waals surface area contributed by atoms with Crippen LogP contribution in [0.4, 0.5) is 11.4 Å². The van der Waals surface area contributed by atoms with Gasteiger partial charge in [0, 0.05) is 55.4 Å². The minimum absolute atomic E-state index is 0. The number of benzene rings is 6. The molecule has 0 fully saturated rings. The molecule has 0 spiro atoms. The number of anilines is 2. The summed E-state index contributed by atoms with van der Waals surface area (Å²) in [5.41, 5.74) is 11.1. The Bertz CT molecular complexity index is 2880. The van der Waals surface area contributed by atoms with E-state index in [4.69, 9.17) is 9.72 Å². The van der Waals surface area contributed by atoms with E-state index in [-0.39, 0.29) is 37.3 Å². The van der Waals surface area contributed by atoms with Gasteiger partial charge in [-0.15, -0.1) is 48.1 Å². The molecule has 1 aliphatic rings. The fourth-order valence-electron chi connectivity index (χ4n) is 8.04. The van der Waals surface area contributed by atoms with Crippen molar-refractivity contribution in [3.8, 4) is 28.4 Å². The zero-order valence-corrected chi connectivity index (χ0v) is 38.4. The van der Waals surface area contributed by atoms with Crippen LogP contribution < -0.4 is 14.5 Å². The summed E-state index contributed by atoms with van der Waals surface area (Å²) < 4.78 is 8.82. The van der Waals surface area contributed by atoms with Gasteiger partial charge in [0.15, 0.2) is 0 Å². The molecule has 0 N–H and O–H groups in total. The van der Waals surface area contributed by atoms with Crippen LogP contribution >= 0.6 is 0 Å². The average molecular weight is 979 g/mol. The average Bonchev–Trinajstić information content (AvgIpc) is 3.87. The van der Waals surface area contributed by atoms with Gasteiger partial charge in [-0.05, 0) is 92.3 Å². The number of ether oxygens (including phenoxy) is 1. The van der Waals surface area contributed by atoms with Crippen molar-refractivity contribution in [1.82, 2.24) is 9.55 Å². The van der Waals surface area contributed by atoms with E-state index in [0.717, 1.165) is 39.0 Å². The SMILES string of the molecule is CC(C)(C)c1cc(-c2ccccc2)cc(N2C=CN(c3[c-]c(Oc4[c-]c5c(cc4)c4cc(C(C)(C)c6ccccc6)ccc4n5-c4cc(C(C)(C)C)ccn4)ccc3)[CH-]2)c1.[Pt]. The maximum atomic E-state index is 6.59. The molecular formula is C55H51N4OPt-3. The predicted molar refractivity (Wildman–Crippen MR) is 249 cm³/mol. The Kier molecular flexibility index (Phi) is 11.1. The number of hydrogen-bond donors (Lipinski definition) is 0. The second kappa shape index (κ2) is 16.2. The molecule has 3 heterocycles. The largest absolute Gasteiger partial charge is 0.509 e. The van der Waals surface area contributed by atoms with E-state index >= 15 is 0 Å². The van der Waals surface area contributed by atoms with E-state index < -0.39 is 0 Å². The van der Waals surface area contributed by atoms with E-state index in [2.05, 4.69) is 216 Å². The van der Waals surface area contributed by atoms with Crippen molar-refractivity contribution in [2.45, 2.75) is 71.6 Å².